The molecule has 26 heavy (non-hydrogen) atoms. The molecule has 2 amide bonds. The Morgan fingerprint density at radius 3 is 2.73 bits per heavy atom. The van der Waals surface area contributed by atoms with Crippen LogP contribution in [0.2, 0.25) is 0 Å². The second-order valence-electron chi connectivity index (χ2n) is 5.99. The van der Waals surface area contributed by atoms with Crippen LogP contribution in [0.4, 0.5) is 5.00 Å². The highest BCUT2D eigenvalue weighted by molar-refractivity contribution is 7.14. The molecule has 1 aromatic heterocycles. The summed E-state index contributed by atoms with van der Waals surface area (Å²) in [6.45, 7) is 3.48. The van der Waals surface area contributed by atoms with Gasteiger partial charge in [0.25, 0.3) is 11.8 Å². The first-order valence-electron chi connectivity index (χ1n) is 8.02. The number of hydrogen-bond donors (Lipinski definition) is 2. The van der Waals surface area contributed by atoms with Gasteiger partial charge in [0.2, 0.25) is 0 Å². The van der Waals surface area contributed by atoms with Crippen molar-refractivity contribution in [3.63, 3.8) is 0 Å². The molecule has 0 bridgehead atoms. The quantitative estimate of drug-likeness (QED) is 0.782. The molecule has 2 aromatic rings. The number of rotatable bonds is 5. The summed E-state index contributed by atoms with van der Waals surface area (Å²) in [6.07, 6.45) is -0.0340. The zero-order valence-electron chi connectivity index (χ0n) is 14.3. The van der Waals surface area contributed by atoms with Crippen LogP contribution in [-0.4, -0.2) is 30.5 Å². The van der Waals surface area contributed by atoms with E-state index in [4.69, 9.17) is 15.2 Å². The zero-order chi connectivity index (χ0) is 18.8. The van der Waals surface area contributed by atoms with Crippen molar-refractivity contribution in [1.29, 1.82) is 0 Å². The lowest BCUT2D eigenvalue weighted by Gasteiger charge is -2.10. The van der Waals surface area contributed by atoms with Gasteiger partial charge in [-0.05, 0) is 24.4 Å². The number of nitrogens with one attached hydrogen (secondary N) is 1. The predicted octanol–water partition coefficient (Wildman–Crippen LogP) is 2.53. The number of para-hydroxylation sites is 1. The van der Waals surface area contributed by atoms with Gasteiger partial charge >= 0.3 is 5.97 Å². The largest absolute Gasteiger partial charge is 0.489 e. The van der Waals surface area contributed by atoms with Crippen LogP contribution in [0, 0.1) is 0 Å². The number of benzene rings is 1. The summed E-state index contributed by atoms with van der Waals surface area (Å²) in [5, 5.41) is 4.47. The van der Waals surface area contributed by atoms with Crippen LogP contribution < -0.4 is 15.8 Å². The van der Waals surface area contributed by atoms with E-state index in [-0.39, 0.29) is 17.6 Å². The minimum atomic E-state index is -0.640. The number of amides is 2. The van der Waals surface area contributed by atoms with Gasteiger partial charge in [-0.2, -0.15) is 0 Å². The number of carbonyl (C=O) groups excluding carboxylic acids is 3. The summed E-state index contributed by atoms with van der Waals surface area (Å²) in [5.41, 5.74) is 6.68. The molecule has 1 aliphatic heterocycles. The standard InChI is InChI=1S/C18H18N2O5S/c1-9-10(2)25-15-11(9)4-3-5-12(15)18(23)24-8-14(21)20-17-13(16(19)22)6-7-26-17/h3-7,9-10H,8H2,1-2H3,(H2,19,22)(H,20,21)/t9-,10+/m1/s1. The van der Waals surface area contributed by atoms with E-state index in [1.807, 2.05) is 19.9 Å². The van der Waals surface area contributed by atoms with Crippen molar-refractivity contribution < 1.29 is 23.9 Å². The summed E-state index contributed by atoms with van der Waals surface area (Å²) in [5.74, 6) is -1.16. The normalized spacial score (nSPS) is 17.9. The molecule has 136 valence electrons. The van der Waals surface area contributed by atoms with Crippen LogP contribution >= 0.6 is 11.3 Å². The number of fused-ring (bicyclic) bond motifs is 1. The lowest BCUT2D eigenvalue weighted by atomic mass is 9.97. The summed E-state index contributed by atoms with van der Waals surface area (Å²) in [7, 11) is 0. The maximum absolute atomic E-state index is 12.3. The summed E-state index contributed by atoms with van der Waals surface area (Å²) < 4.78 is 10.8. The highest BCUT2D eigenvalue weighted by Crippen LogP contribution is 2.40. The molecule has 0 saturated carbocycles. The Bertz CT molecular complexity index is 876. The molecule has 0 unspecified atom stereocenters. The molecule has 2 heterocycles. The maximum Gasteiger partial charge on any atom is 0.342 e. The minimum Gasteiger partial charge on any atom is -0.489 e. The predicted molar refractivity (Wildman–Crippen MR) is 96.7 cm³/mol. The maximum atomic E-state index is 12.3. The lowest BCUT2D eigenvalue weighted by molar-refractivity contribution is -0.119. The van der Waals surface area contributed by atoms with Crippen molar-refractivity contribution in [2.75, 3.05) is 11.9 Å². The average molecular weight is 374 g/mol. The SMILES string of the molecule is C[C@@H]1Oc2c(C(=O)OCC(=O)Nc3sccc3C(N)=O)cccc2[C@@H]1C. The Balaban J connectivity index is 1.64. The van der Waals surface area contributed by atoms with Gasteiger partial charge in [-0.15, -0.1) is 11.3 Å². The number of esters is 1. The van der Waals surface area contributed by atoms with E-state index in [1.165, 1.54) is 6.07 Å². The van der Waals surface area contributed by atoms with Gasteiger partial charge in [0.1, 0.15) is 22.4 Å². The second-order valence-corrected chi connectivity index (χ2v) is 6.90. The molecule has 0 spiro atoms. The van der Waals surface area contributed by atoms with Gasteiger partial charge in [-0.3, -0.25) is 9.59 Å². The molecule has 0 aliphatic carbocycles. The number of anilines is 1. The Labute approximate surface area is 154 Å². The van der Waals surface area contributed by atoms with Crippen LogP contribution in [0.25, 0.3) is 0 Å². The third-order valence-electron chi connectivity index (χ3n) is 4.28. The molecule has 0 radical (unpaired) electrons. The van der Waals surface area contributed by atoms with Crippen LogP contribution in [0.1, 0.15) is 46.0 Å². The third-order valence-corrected chi connectivity index (χ3v) is 5.11. The Morgan fingerprint density at radius 2 is 2.00 bits per heavy atom. The number of thiophene rings is 1. The summed E-state index contributed by atoms with van der Waals surface area (Å²) in [6, 6.07) is 6.79. The van der Waals surface area contributed by atoms with Crippen molar-refractivity contribution in [2.24, 2.45) is 5.73 Å². The van der Waals surface area contributed by atoms with E-state index in [1.54, 1.807) is 17.5 Å². The van der Waals surface area contributed by atoms with Crippen molar-refractivity contribution in [2.45, 2.75) is 25.9 Å². The molecule has 3 N–H and O–H groups in total. The topological polar surface area (TPSA) is 108 Å². The molecule has 1 aliphatic rings. The van der Waals surface area contributed by atoms with E-state index in [0.717, 1.165) is 16.9 Å². The highest BCUT2D eigenvalue weighted by Gasteiger charge is 2.31. The van der Waals surface area contributed by atoms with Crippen LogP contribution in [0.5, 0.6) is 5.75 Å². The Kier molecular flexibility index (Phi) is 4.94. The first-order chi connectivity index (χ1) is 12.4. The molecule has 3 rings (SSSR count). The van der Waals surface area contributed by atoms with Gasteiger partial charge < -0.3 is 20.5 Å². The lowest BCUT2D eigenvalue weighted by Crippen LogP contribution is -2.22. The van der Waals surface area contributed by atoms with Gasteiger partial charge in [0.15, 0.2) is 6.61 Å². The van der Waals surface area contributed by atoms with Crippen LogP contribution in [-0.2, 0) is 9.53 Å². The number of ether oxygens (including phenoxy) is 2. The molecular formula is C18H18N2O5S. The number of primary amides is 1. The van der Waals surface area contributed by atoms with Crippen molar-refractivity contribution in [3.05, 3.63) is 46.3 Å². The first-order valence-corrected chi connectivity index (χ1v) is 8.90. The molecule has 7 nitrogen and oxygen atoms in total. The van der Waals surface area contributed by atoms with Gasteiger partial charge in [0.05, 0.1) is 5.56 Å². The van der Waals surface area contributed by atoms with E-state index in [9.17, 15) is 14.4 Å². The Morgan fingerprint density at radius 1 is 1.23 bits per heavy atom. The van der Waals surface area contributed by atoms with Gasteiger partial charge in [-0.1, -0.05) is 19.1 Å². The molecule has 1 aromatic carbocycles. The fourth-order valence-electron chi connectivity index (χ4n) is 2.72. The molecule has 0 saturated heterocycles. The van der Waals surface area contributed by atoms with Crippen molar-refractivity contribution in [3.8, 4) is 5.75 Å². The highest BCUT2D eigenvalue weighted by atomic mass is 32.1. The van der Waals surface area contributed by atoms with Crippen LogP contribution in [0.3, 0.4) is 0 Å². The van der Waals surface area contributed by atoms with Crippen molar-refractivity contribution >= 4 is 34.1 Å². The number of hydrogen-bond acceptors (Lipinski definition) is 6. The fraction of sp³-hybridized carbons (Fsp3) is 0.278. The molecule has 8 heteroatoms. The third kappa shape index (κ3) is 3.41. The second kappa shape index (κ2) is 7.17. The van der Waals surface area contributed by atoms with E-state index >= 15 is 0 Å². The van der Waals surface area contributed by atoms with E-state index in [2.05, 4.69) is 5.32 Å². The molecular weight excluding hydrogens is 356 g/mol. The van der Waals surface area contributed by atoms with Gasteiger partial charge in [-0.25, -0.2) is 4.79 Å². The Hall–Kier alpha value is -2.87. The zero-order valence-corrected chi connectivity index (χ0v) is 15.1. The monoisotopic (exact) mass is 374 g/mol. The summed E-state index contributed by atoms with van der Waals surface area (Å²) in [4.78, 5) is 35.6. The number of nitrogens with two attached hydrogens (primary N) is 1. The smallest absolute Gasteiger partial charge is 0.342 e. The molecule has 0 fully saturated rings. The fourth-order valence-corrected chi connectivity index (χ4v) is 3.53. The first kappa shape index (κ1) is 17.9. The molecule has 2 atom stereocenters. The van der Waals surface area contributed by atoms with E-state index < -0.39 is 24.4 Å². The summed E-state index contributed by atoms with van der Waals surface area (Å²) >= 11 is 1.16. The minimum absolute atomic E-state index is 0.0340. The van der Waals surface area contributed by atoms with E-state index in [0.29, 0.717) is 16.3 Å². The number of carbonyl (C=O) groups is 3. The van der Waals surface area contributed by atoms with Crippen molar-refractivity contribution in [1.82, 2.24) is 0 Å². The average Bonchev–Trinajstić information content (AvgIpc) is 3.18. The van der Waals surface area contributed by atoms with Gasteiger partial charge in [0, 0.05) is 11.5 Å². The van der Waals surface area contributed by atoms with Crippen LogP contribution in [0.15, 0.2) is 29.6 Å².